The van der Waals surface area contributed by atoms with Crippen LogP contribution in [0.2, 0.25) is 0 Å². The maximum absolute atomic E-state index is 12.1. The minimum Gasteiger partial charge on any atom is -0.460 e. The van der Waals surface area contributed by atoms with Crippen LogP contribution >= 0.6 is 0 Å². The van der Waals surface area contributed by atoms with Gasteiger partial charge in [-0.25, -0.2) is 9.18 Å². The van der Waals surface area contributed by atoms with Gasteiger partial charge < -0.3 is 9.47 Å². The fourth-order valence-electron chi connectivity index (χ4n) is 0.546. The largest absolute Gasteiger partial charge is 0.460 e. The van der Waals surface area contributed by atoms with Crippen molar-refractivity contribution < 1.29 is 31.8 Å². The Labute approximate surface area is 70.6 Å². The standard InChI is InChI=1S/C6H6F4O3/c7-4(6(8,9)10)5(11)13-2-3-1-12-3/h3-4H,1-2H2. The van der Waals surface area contributed by atoms with Crippen molar-refractivity contribution >= 4 is 5.97 Å². The average molecular weight is 202 g/mol. The normalized spacial score (nSPS) is 23.8. The molecule has 0 radical (unpaired) electrons. The number of halogens is 4. The number of epoxide rings is 1. The molecule has 0 amide bonds. The number of rotatable bonds is 3. The summed E-state index contributed by atoms with van der Waals surface area (Å²) in [4.78, 5) is 10.3. The fraction of sp³-hybridized carbons (Fsp3) is 0.833. The van der Waals surface area contributed by atoms with E-state index in [2.05, 4.69) is 9.47 Å². The van der Waals surface area contributed by atoms with Gasteiger partial charge in [0.05, 0.1) is 6.61 Å². The maximum Gasteiger partial charge on any atom is 0.430 e. The Morgan fingerprint density at radius 2 is 2.15 bits per heavy atom. The molecule has 76 valence electrons. The van der Waals surface area contributed by atoms with Crippen LogP contribution in [0.5, 0.6) is 0 Å². The van der Waals surface area contributed by atoms with Crippen molar-refractivity contribution in [1.82, 2.24) is 0 Å². The third kappa shape index (κ3) is 3.17. The molecule has 1 fully saturated rings. The maximum atomic E-state index is 12.1. The quantitative estimate of drug-likeness (QED) is 0.386. The second kappa shape index (κ2) is 3.49. The molecule has 0 aromatic heterocycles. The highest BCUT2D eigenvalue weighted by Crippen LogP contribution is 2.24. The molecule has 0 aromatic carbocycles. The van der Waals surface area contributed by atoms with Gasteiger partial charge in [-0.15, -0.1) is 0 Å². The van der Waals surface area contributed by atoms with Crippen molar-refractivity contribution in [3.05, 3.63) is 0 Å². The van der Waals surface area contributed by atoms with Gasteiger partial charge in [-0.05, 0) is 0 Å². The Bertz CT molecular complexity index is 199. The van der Waals surface area contributed by atoms with Crippen LogP contribution < -0.4 is 0 Å². The lowest BCUT2D eigenvalue weighted by Crippen LogP contribution is -2.34. The van der Waals surface area contributed by atoms with Crippen LogP contribution in [-0.4, -0.2) is 37.6 Å². The zero-order chi connectivity index (χ0) is 10.1. The molecule has 2 unspecified atom stereocenters. The van der Waals surface area contributed by atoms with Gasteiger partial charge in [0, 0.05) is 0 Å². The molecular weight excluding hydrogens is 196 g/mol. The predicted octanol–water partition coefficient (Wildman–Crippen LogP) is 0.829. The van der Waals surface area contributed by atoms with Crippen molar-refractivity contribution in [1.29, 1.82) is 0 Å². The molecule has 1 heterocycles. The van der Waals surface area contributed by atoms with Gasteiger partial charge in [0.2, 0.25) is 0 Å². The summed E-state index contributed by atoms with van der Waals surface area (Å²) < 4.78 is 55.3. The SMILES string of the molecule is O=C(OCC1CO1)C(F)C(F)(F)F. The molecule has 13 heavy (non-hydrogen) atoms. The molecule has 0 spiro atoms. The smallest absolute Gasteiger partial charge is 0.430 e. The van der Waals surface area contributed by atoms with E-state index in [-0.39, 0.29) is 12.7 Å². The highest BCUT2D eigenvalue weighted by atomic mass is 19.4. The first-order valence-corrected chi connectivity index (χ1v) is 3.40. The van der Waals surface area contributed by atoms with Crippen molar-refractivity contribution in [2.75, 3.05) is 13.2 Å². The van der Waals surface area contributed by atoms with Crippen molar-refractivity contribution in [2.24, 2.45) is 0 Å². The lowest BCUT2D eigenvalue weighted by atomic mass is 10.4. The highest BCUT2D eigenvalue weighted by molar-refractivity contribution is 5.75. The Kier molecular flexibility index (Phi) is 2.74. The molecule has 3 nitrogen and oxygen atoms in total. The summed E-state index contributed by atoms with van der Waals surface area (Å²) >= 11 is 0. The average Bonchev–Trinajstić information content (AvgIpc) is 2.80. The van der Waals surface area contributed by atoms with Gasteiger partial charge >= 0.3 is 12.1 Å². The Balaban J connectivity index is 2.28. The monoisotopic (exact) mass is 202 g/mol. The van der Waals surface area contributed by atoms with Crippen molar-refractivity contribution in [2.45, 2.75) is 18.5 Å². The molecule has 0 bridgehead atoms. The van der Waals surface area contributed by atoms with Crippen LogP contribution in [0.4, 0.5) is 17.6 Å². The molecule has 7 heteroatoms. The lowest BCUT2D eigenvalue weighted by molar-refractivity contribution is -0.201. The van der Waals surface area contributed by atoms with Gasteiger partial charge in [0.25, 0.3) is 6.17 Å². The van der Waals surface area contributed by atoms with Gasteiger partial charge in [-0.2, -0.15) is 13.2 Å². The number of alkyl halides is 4. The minimum absolute atomic E-state index is 0.324. The summed E-state index contributed by atoms with van der Waals surface area (Å²) in [5.41, 5.74) is 0. The zero-order valence-corrected chi connectivity index (χ0v) is 6.31. The molecule has 1 aliphatic rings. The summed E-state index contributed by atoms with van der Waals surface area (Å²) in [5.74, 6) is -1.91. The fourth-order valence-corrected chi connectivity index (χ4v) is 0.546. The minimum atomic E-state index is -5.19. The summed E-state index contributed by atoms with van der Waals surface area (Å²) in [5, 5.41) is 0. The summed E-state index contributed by atoms with van der Waals surface area (Å²) in [6.45, 7) is 0.00554. The number of carbonyl (C=O) groups excluding carboxylic acids is 1. The summed E-state index contributed by atoms with van der Waals surface area (Å²) in [7, 11) is 0. The van der Waals surface area contributed by atoms with E-state index in [4.69, 9.17) is 0 Å². The molecule has 1 rings (SSSR count). The second-order valence-corrected chi connectivity index (χ2v) is 2.49. The van der Waals surface area contributed by atoms with Crippen LogP contribution in [0.15, 0.2) is 0 Å². The van der Waals surface area contributed by atoms with E-state index in [1.165, 1.54) is 0 Å². The van der Waals surface area contributed by atoms with Crippen LogP contribution in [0.3, 0.4) is 0 Å². The first-order chi connectivity index (χ1) is 5.91. The number of carbonyl (C=O) groups is 1. The molecular formula is C6H6F4O3. The third-order valence-electron chi connectivity index (χ3n) is 1.31. The summed E-state index contributed by atoms with van der Waals surface area (Å²) in [6, 6.07) is 0. The van der Waals surface area contributed by atoms with E-state index < -0.39 is 18.3 Å². The first-order valence-electron chi connectivity index (χ1n) is 3.40. The Hall–Kier alpha value is -0.850. The Morgan fingerprint density at radius 3 is 2.54 bits per heavy atom. The van der Waals surface area contributed by atoms with Gasteiger partial charge in [0.1, 0.15) is 12.7 Å². The predicted molar refractivity (Wildman–Crippen MR) is 31.6 cm³/mol. The van der Waals surface area contributed by atoms with E-state index in [9.17, 15) is 22.4 Å². The number of ether oxygens (including phenoxy) is 2. The molecule has 0 saturated carbocycles. The Morgan fingerprint density at radius 1 is 1.62 bits per heavy atom. The van der Waals surface area contributed by atoms with E-state index >= 15 is 0 Å². The first kappa shape index (κ1) is 10.2. The number of esters is 1. The van der Waals surface area contributed by atoms with Crippen LogP contribution in [0.25, 0.3) is 0 Å². The van der Waals surface area contributed by atoms with E-state index in [1.54, 1.807) is 0 Å². The molecule has 0 aromatic rings. The van der Waals surface area contributed by atoms with Crippen LogP contribution in [0.1, 0.15) is 0 Å². The van der Waals surface area contributed by atoms with Crippen LogP contribution in [0, 0.1) is 0 Å². The topological polar surface area (TPSA) is 38.8 Å². The third-order valence-corrected chi connectivity index (χ3v) is 1.31. The zero-order valence-electron chi connectivity index (χ0n) is 6.31. The molecule has 2 atom stereocenters. The molecule has 0 aliphatic carbocycles. The van der Waals surface area contributed by atoms with Crippen molar-refractivity contribution in [3.8, 4) is 0 Å². The van der Waals surface area contributed by atoms with E-state index in [0.29, 0.717) is 6.61 Å². The highest BCUT2D eigenvalue weighted by Gasteiger charge is 2.47. The number of hydrogen-bond donors (Lipinski definition) is 0. The van der Waals surface area contributed by atoms with Gasteiger partial charge in [0.15, 0.2) is 0 Å². The second-order valence-electron chi connectivity index (χ2n) is 2.49. The van der Waals surface area contributed by atoms with Gasteiger partial charge in [-0.1, -0.05) is 0 Å². The molecule has 0 N–H and O–H groups in total. The molecule has 1 saturated heterocycles. The molecule has 1 aliphatic heterocycles. The van der Waals surface area contributed by atoms with E-state index in [0.717, 1.165) is 0 Å². The summed E-state index contributed by atoms with van der Waals surface area (Å²) in [6.07, 6.45) is -9.13. The number of hydrogen-bond acceptors (Lipinski definition) is 3. The van der Waals surface area contributed by atoms with Crippen LogP contribution in [-0.2, 0) is 14.3 Å². The van der Waals surface area contributed by atoms with E-state index in [1.807, 2.05) is 0 Å². The lowest BCUT2D eigenvalue weighted by Gasteiger charge is -2.10. The van der Waals surface area contributed by atoms with Gasteiger partial charge in [-0.3, -0.25) is 0 Å². The van der Waals surface area contributed by atoms with Crippen molar-refractivity contribution in [3.63, 3.8) is 0 Å².